The number of hydrogen-bond acceptors (Lipinski definition) is 2. The number of nitrogens with zero attached hydrogens (tertiary/aromatic N) is 2. The first-order chi connectivity index (χ1) is 9.29. The molecule has 0 radical (unpaired) electrons. The van der Waals surface area contributed by atoms with Crippen LogP contribution < -0.4 is 5.43 Å². The highest BCUT2D eigenvalue weighted by Crippen LogP contribution is 2.14. The van der Waals surface area contributed by atoms with Gasteiger partial charge in [-0.1, -0.05) is 38.7 Å². The Balaban J connectivity index is 1.87. The molecular weight excluding hydrogens is 238 g/mol. The predicted octanol–water partition coefficient (Wildman–Crippen LogP) is 2.14. The molecule has 1 saturated heterocycles. The Labute approximate surface area is 114 Å². The highest BCUT2D eigenvalue weighted by Gasteiger charge is 2.33. The Bertz CT molecular complexity index is 442. The number of nitrogens with one attached hydrogen (secondary N) is 1. The Hall–Kier alpha value is -1.71. The van der Waals surface area contributed by atoms with Gasteiger partial charge in [-0.15, -0.1) is 10.1 Å². The Kier molecular flexibility index (Phi) is 5.07. The summed E-state index contributed by atoms with van der Waals surface area (Å²) in [4.78, 5) is 16.1. The fourth-order valence-electron chi connectivity index (χ4n) is 2.34. The highest BCUT2D eigenvalue weighted by molar-refractivity contribution is 5.80. The van der Waals surface area contributed by atoms with Gasteiger partial charge in [0.15, 0.2) is 6.54 Å². The van der Waals surface area contributed by atoms with E-state index in [9.17, 15) is 4.79 Å². The van der Waals surface area contributed by atoms with Gasteiger partial charge in [-0.2, -0.15) is 0 Å². The van der Waals surface area contributed by atoms with E-state index in [2.05, 4.69) is 17.3 Å². The third-order valence-electron chi connectivity index (χ3n) is 3.42. The van der Waals surface area contributed by atoms with Crippen LogP contribution >= 0.6 is 0 Å². The molecule has 4 heteroatoms. The van der Waals surface area contributed by atoms with Gasteiger partial charge in [0.1, 0.15) is 11.6 Å². The van der Waals surface area contributed by atoms with Crippen LogP contribution in [0, 0.1) is 5.92 Å². The topological polar surface area (TPSA) is 45.0 Å². The molecule has 0 aromatic carbocycles. The summed E-state index contributed by atoms with van der Waals surface area (Å²) in [5, 5.41) is 0. The zero-order chi connectivity index (χ0) is 13.5. The number of pyridine rings is 1. The highest BCUT2D eigenvalue weighted by atomic mass is 16.2. The van der Waals surface area contributed by atoms with E-state index >= 15 is 0 Å². The number of carbonyl (C=O) groups excluding carboxylic acids is 1. The van der Waals surface area contributed by atoms with Gasteiger partial charge in [-0.05, 0) is 18.6 Å². The molecule has 0 saturated carbocycles. The average Bonchev–Trinajstić information content (AvgIpc) is 2.76. The Morgan fingerprint density at radius 1 is 1.42 bits per heavy atom. The molecular formula is C15H22N3O+. The van der Waals surface area contributed by atoms with Crippen LogP contribution in [0.2, 0.25) is 0 Å². The number of unbranched alkanes of at least 4 members (excludes halogenated alkanes) is 3. The summed E-state index contributed by atoms with van der Waals surface area (Å²) in [6.45, 7) is 2.95. The molecule has 0 bridgehead atoms. The lowest BCUT2D eigenvalue weighted by atomic mass is 10.0. The van der Waals surface area contributed by atoms with Crippen molar-refractivity contribution in [2.24, 2.45) is 5.92 Å². The molecule has 19 heavy (non-hydrogen) atoms. The van der Waals surface area contributed by atoms with Gasteiger partial charge in [0.05, 0.1) is 0 Å². The number of hydrazine groups is 1. The van der Waals surface area contributed by atoms with E-state index in [1.807, 2.05) is 29.1 Å². The minimum Gasteiger partial charge on any atom is -0.269 e. The SMILES string of the molecule is CCCCCC[C@H]1C/[N+](=C/c2ccccn2)NC1=O. The van der Waals surface area contributed by atoms with Crippen molar-refractivity contribution in [3.05, 3.63) is 30.1 Å². The third kappa shape index (κ3) is 4.16. The normalized spacial score (nSPS) is 20.8. The van der Waals surface area contributed by atoms with Crippen LogP contribution in [0.1, 0.15) is 44.7 Å². The van der Waals surface area contributed by atoms with Gasteiger partial charge in [-0.25, -0.2) is 0 Å². The maximum absolute atomic E-state index is 11.8. The van der Waals surface area contributed by atoms with Crippen molar-refractivity contribution >= 4 is 12.1 Å². The molecule has 4 nitrogen and oxygen atoms in total. The zero-order valence-electron chi connectivity index (χ0n) is 11.5. The molecule has 1 aromatic heterocycles. The predicted molar refractivity (Wildman–Crippen MR) is 74.9 cm³/mol. The van der Waals surface area contributed by atoms with Crippen molar-refractivity contribution in [3.8, 4) is 0 Å². The van der Waals surface area contributed by atoms with Crippen molar-refractivity contribution < 1.29 is 9.48 Å². The van der Waals surface area contributed by atoms with E-state index in [0.29, 0.717) is 0 Å². The summed E-state index contributed by atoms with van der Waals surface area (Å²) in [5.74, 6) is 0.264. The summed E-state index contributed by atoms with van der Waals surface area (Å²) < 4.78 is 1.86. The quantitative estimate of drug-likeness (QED) is 0.629. The largest absolute Gasteiger partial charge is 0.283 e. The lowest BCUT2D eigenvalue weighted by molar-refractivity contribution is -0.556. The average molecular weight is 260 g/mol. The summed E-state index contributed by atoms with van der Waals surface area (Å²) in [5.41, 5.74) is 3.76. The molecule has 1 amide bonds. The molecule has 102 valence electrons. The number of hydrazone groups is 1. The molecule has 1 fully saturated rings. The molecule has 0 spiro atoms. The number of carbonyl (C=O) groups is 1. The number of hydrogen-bond donors (Lipinski definition) is 1. The summed E-state index contributed by atoms with van der Waals surface area (Å²) in [6.07, 6.45) is 9.50. The van der Waals surface area contributed by atoms with Gasteiger partial charge >= 0.3 is 0 Å². The number of aromatic nitrogens is 1. The fourth-order valence-corrected chi connectivity index (χ4v) is 2.34. The standard InChI is InChI=1S/C15H21N3O/c1-2-3-4-5-8-13-11-18(17-15(13)19)12-14-9-6-7-10-16-14/h6-7,9-10,12-13H,2-5,8,11H2,1H3/p+1/t13-/m0/s1. The molecule has 2 heterocycles. The van der Waals surface area contributed by atoms with Gasteiger partial charge in [0.25, 0.3) is 5.91 Å². The van der Waals surface area contributed by atoms with Crippen LogP contribution in [0.25, 0.3) is 0 Å². The number of amides is 1. The number of rotatable bonds is 6. The van der Waals surface area contributed by atoms with Gasteiger partial charge in [0, 0.05) is 6.20 Å². The maximum Gasteiger partial charge on any atom is 0.283 e. The van der Waals surface area contributed by atoms with Crippen LogP contribution in [0.5, 0.6) is 0 Å². The van der Waals surface area contributed by atoms with Gasteiger partial charge < -0.3 is 0 Å². The Morgan fingerprint density at radius 2 is 2.32 bits per heavy atom. The molecule has 1 atom stereocenters. The third-order valence-corrected chi connectivity index (χ3v) is 3.42. The van der Waals surface area contributed by atoms with Gasteiger partial charge in [-0.3, -0.25) is 9.78 Å². The first kappa shape index (κ1) is 13.7. The van der Waals surface area contributed by atoms with E-state index in [1.165, 1.54) is 19.3 Å². The monoisotopic (exact) mass is 260 g/mol. The smallest absolute Gasteiger partial charge is 0.269 e. The van der Waals surface area contributed by atoms with E-state index in [4.69, 9.17) is 0 Å². The molecule has 2 rings (SSSR count). The van der Waals surface area contributed by atoms with Crippen molar-refractivity contribution in [2.45, 2.75) is 39.0 Å². The minimum absolute atomic E-state index is 0.122. The zero-order valence-corrected chi connectivity index (χ0v) is 11.5. The van der Waals surface area contributed by atoms with E-state index in [1.54, 1.807) is 6.20 Å². The summed E-state index contributed by atoms with van der Waals surface area (Å²) in [6, 6.07) is 5.76. The van der Waals surface area contributed by atoms with Gasteiger partial charge in [0.2, 0.25) is 6.21 Å². The van der Waals surface area contributed by atoms with Crippen LogP contribution in [-0.4, -0.2) is 28.3 Å². The van der Waals surface area contributed by atoms with Crippen LogP contribution in [0.15, 0.2) is 24.4 Å². The summed E-state index contributed by atoms with van der Waals surface area (Å²) >= 11 is 0. The first-order valence-corrected chi connectivity index (χ1v) is 7.12. The lowest BCUT2D eigenvalue weighted by Crippen LogP contribution is -2.25. The molecule has 1 N–H and O–H groups in total. The Morgan fingerprint density at radius 3 is 3.05 bits per heavy atom. The molecule has 1 aromatic rings. The van der Waals surface area contributed by atoms with E-state index in [-0.39, 0.29) is 11.8 Å². The second kappa shape index (κ2) is 7.02. The lowest BCUT2D eigenvalue weighted by Gasteiger charge is -2.01. The summed E-state index contributed by atoms with van der Waals surface area (Å²) in [7, 11) is 0. The van der Waals surface area contributed by atoms with Crippen molar-refractivity contribution in [1.29, 1.82) is 0 Å². The van der Waals surface area contributed by atoms with Crippen LogP contribution in [-0.2, 0) is 4.79 Å². The molecule has 0 aliphatic carbocycles. The maximum atomic E-state index is 11.8. The van der Waals surface area contributed by atoms with E-state index in [0.717, 1.165) is 25.1 Å². The first-order valence-electron chi connectivity index (χ1n) is 7.12. The molecule has 1 aliphatic heterocycles. The second-order valence-electron chi connectivity index (χ2n) is 5.06. The van der Waals surface area contributed by atoms with Crippen molar-refractivity contribution in [2.75, 3.05) is 6.54 Å². The minimum atomic E-state index is 0.122. The fraction of sp³-hybridized carbons (Fsp3) is 0.533. The second-order valence-corrected chi connectivity index (χ2v) is 5.06. The van der Waals surface area contributed by atoms with E-state index < -0.39 is 0 Å². The van der Waals surface area contributed by atoms with Crippen molar-refractivity contribution in [1.82, 2.24) is 10.4 Å². The van der Waals surface area contributed by atoms with Crippen LogP contribution in [0.4, 0.5) is 0 Å². The van der Waals surface area contributed by atoms with Crippen LogP contribution in [0.3, 0.4) is 0 Å². The molecule has 1 aliphatic rings. The van der Waals surface area contributed by atoms with Crippen molar-refractivity contribution in [3.63, 3.8) is 0 Å². The molecule has 0 unspecified atom stereocenters.